The van der Waals surface area contributed by atoms with Gasteiger partial charge in [-0.2, -0.15) is 0 Å². The van der Waals surface area contributed by atoms with Gasteiger partial charge in [-0.15, -0.1) is 11.3 Å². The van der Waals surface area contributed by atoms with Crippen molar-refractivity contribution in [3.8, 4) is 11.5 Å². The number of ether oxygens (including phenoxy) is 2. The Morgan fingerprint density at radius 1 is 1.38 bits per heavy atom. The molecule has 69 valence electrons. The molecule has 1 radical (unpaired) electrons. The van der Waals surface area contributed by atoms with E-state index in [1.807, 2.05) is 10.8 Å². The first-order chi connectivity index (χ1) is 6.40. The predicted octanol–water partition coefficient (Wildman–Crippen LogP) is 0.397. The highest BCUT2D eigenvalue weighted by molar-refractivity contribution is 7.08. The Labute approximate surface area is 80.9 Å². The van der Waals surface area contributed by atoms with Crippen molar-refractivity contribution in [3.63, 3.8) is 0 Å². The minimum atomic E-state index is -0.123. The molecule has 4 nitrogen and oxygen atoms in total. The van der Waals surface area contributed by atoms with E-state index < -0.39 is 0 Å². The van der Waals surface area contributed by atoms with E-state index in [-0.39, 0.29) is 6.10 Å². The van der Waals surface area contributed by atoms with Crippen LogP contribution in [0.5, 0.6) is 11.5 Å². The highest BCUT2D eigenvalue weighted by Crippen LogP contribution is 2.33. The molecule has 2 heterocycles. The van der Waals surface area contributed by atoms with Gasteiger partial charge in [0.15, 0.2) is 11.5 Å². The van der Waals surface area contributed by atoms with Crippen molar-refractivity contribution in [3.05, 3.63) is 10.8 Å². The first-order valence-electron chi connectivity index (χ1n) is 3.91. The van der Waals surface area contributed by atoms with E-state index >= 15 is 0 Å². The molecule has 0 atom stereocenters. The second-order valence-corrected chi connectivity index (χ2v) is 3.36. The molecular weight excluding hydrogens is 189 g/mol. The third-order valence-corrected chi connectivity index (χ3v) is 2.41. The predicted molar refractivity (Wildman–Crippen MR) is 50.1 cm³/mol. The summed E-state index contributed by atoms with van der Waals surface area (Å²) in [6.07, 6.45) is -0.123. The van der Waals surface area contributed by atoms with Gasteiger partial charge in [-0.05, 0) is 0 Å². The normalized spacial score (nSPS) is 16.7. The molecule has 6 heteroatoms. The number of hydrogen-bond acceptors (Lipinski definition) is 5. The van der Waals surface area contributed by atoms with Crippen LogP contribution in [0.15, 0.2) is 10.8 Å². The van der Waals surface area contributed by atoms with E-state index in [9.17, 15) is 0 Å². The Morgan fingerprint density at radius 2 is 2.00 bits per heavy atom. The number of fused-ring (bicyclic) bond motifs is 1. The fraction of sp³-hybridized carbons (Fsp3) is 0.429. The van der Waals surface area contributed by atoms with Gasteiger partial charge in [0.25, 0.3) is 0 Å². The minimum Gasteiger partial charge on any atom is -0.486 e. The van der Waals surface area contributed by atoms with Crippen molar-refractivity contribution >= 4 is 19.0 Å². The zero-order valence-corrected chi connectivity index (χ0v) is 7.75. The number of rotatable bonds is 2. The fourth-order valence-corrected chi connectivity index (χ4v) is 1.77. The van der Waals surface area contributed by atoms with E-state index in [1.54, 1.807) is 11.3 Å². The molecule has 2 N–H and O–H groups in total. The lowest BCUT2D eigenvalue weighted by Crippen LogP contribution is -2.30. The van der Waals surface area contributed by atoms with Crippen LogP contribution in [-0.4, -0.2) is 26.9 Å². The van der Waals surface area contributed by atoms with Gasteiger partial charge in [0, 0.05) is 10.8 Å². The zero-order chi connectivity index (χ0) is 9.10. The molecule has 0 saturated heterocycles. The molecule has 1 aliphatic heterocycles. The first-order valence-corrected chi connectivity index (χ1v) is 4.85. The molecule has 0 saturated carbocycles. The maximum absolute atomic E-state index is 5.44. The molecule has 0 aromatic carbocycles. The summed E-state index contributed by atoms with van der Waals surface area (Å²) in [5, 5.41) is 3.81. The average Bonchev–Trinajstić information content (AvgIpc) is 2.50. The fourth-order valence-electron chi connectivity index (χ4n) is 1.09. The lowest BCUT2D eigenvalue weighted by molar-refractivity contribution is 0.104. The number of nitrogens with two attached hydrogens (primary N) is 1. The van der Waals surface area contributed by atoms with Gasteiger partial charge in [0.1, 0.15) is 19.3 Å². The van der Waals surface area contributed by atoms with Crippen LogP contribution in [0.2, 0.25) is 0 Å². The number of thiophene rings is 1. The van der Waals surface area contributed by atoms with Crippen LogP contribution >= 0.6 is 11.3 Å². The summed E-state index contributed by atoms with van der Waals surface area (Å²) in [4.78, 5) is 0. The molecule has 0 amide bonds. The van der Waals surface area contributed by atoms with Gasteiger partial charge in [-0.25, -0.2) is 0 Å². The van der Waals surface area contributed by atoms with Crippen molar-refractivity contribution < 1.29 is 14.1 Å². The SMILES string of the molecule is N[B]OC1COc2cscc2OC1. The lowest BCUT2D eigenvalue weighted by atomic mass is 10.3. The van der Waals surface area contributed by atoms with Gasteiger partial charge in [0.2, 0.25) is 0 Å². The molecule has 0 unspecified atom stereocenters. The van der Waals surface area contributed by atoms with Crippen LogP contribution in [0.1, 0.15) is 0 Å². The van der Waals surface area contributed by atoms with Gasteiger partial charge < -0.3 is 19.8 Å². The summed E-state index contributed by atoms with van der Waals surface area (Å²) >= 11 is 1.56. The standard InChI is InChI=1S/C7H9BNO3S/c9-8-12-5-1-10-6-3-13-4-7(6)11-2-5/h3-5H,1-2,9H2. The van der Waals surface area contributed by atoms with Crippen molar-refractivity contribution in [1.82, 2.24) is 0 Å². The Balaban J connectivity index is 2.00. The molecular formula is C7H9BNO3S. The Hall–Kier alpha value is -0.715. The molecule has 1 aromatic heterocycles. The van der Waals surface area contributed by atoms with E-state index in [4.69, 9.17) is 19.8 Å². The van der Waals surface area contributed by atoms with Crippen molar-refractivity contribution in [2.24, 2.45) is 5.64 Å². The molecule has 0 fully saturated rings. The van der Waals surface area contributed by atoms with Gasteiger partial charge in [-0.1, -0.05) is 0 Å². The van der Waals surface area contributed by atoms with E-state index in [2.05, 4.69) is 0 Å². The Bertz CT molecular complexity index is 258. The van der Waals surface area contributed by atoms with Crippen molar-refractivity contribution in [2.75, 3.05) is 13.2 Å². The third kappa shape index (κ3) is 1.96. The molecule has 0 bridgehead atoms. The summed E-state index contributed by atoms with van der Waals surface area (Å²) in [5.41, 5.74) is 5.13. The second-order valence-electron chi connectivity index (χ2n) is 2.62. The summed E-state index contributed by atoms with van der Waals surface area (Å²) in [7, 11) is 1.16. The lowest BCUT2D eigenvalue weighted by Gasteiger charge is -2.12. The van der Waals surface area contributed by atoms with E-state index in [0.717, 1.165) is 19.1 Å². The number of hydrogen-bond donors (Lipinski definition) is 1. The van der Waals surface area contributed by atoms with Crippen LogP contribution in [0.3, 0.4) is 0 Å². The highest BCUT2D eigenvalue weighted by Gasteiger charge is 2.18. The largest absolute Gasteiger partial charge is 0.486 e. The molecule has 1 aliphatic rings. The minimum absolute atomic E-state index is 0.123. The van der Waals surface area contributed by atoms with Crippen molar-refractivity contribution in [1.29, 1.82) is 0 Å². The molecule has 0 spiro atoms. The molecule has 0 aliphatic carbocycles. The topological polar surface area (TPSA) is 53.7 Å². The average molecular weight is 198 g/mol. The van der Waals surface area contributed by atoms with E-state index in [0.29, 0.717) is 13.2 Å². The maximum atomic E-state index is 5.44. The quantitative estimate of drug-likeness (QED) is 0.698. The Kier molecular flexibility index (Phi) is 2.72. The Morgan fingerprint density at radius 3 is 2.54 bits per heavy atom. The third-order valence-electron chi connectivity index (χ3n) is 1.71. The van der Waals surface area contributed by atoms with Crippen LogP contribution < -0.4 is 15.1 Å². The van der Waals surface area contributed by atoms with Crippen LogP contribution in [0, 0.1) is 0 Å². The van der Waals surface area contributed by atoms with Gasteiger partial charge >= 0.3 is 7.62 Å². The molecule has 13 heavy (non-hydrogen) atoms. The summed E-state index contributed by atoms with van der Waals surface area (Å²) in [6.45, 7) is 0.939. The van der Waals surface area contributed by atoms with E-state index in [1.165, 1.54) is 0 Å². The second kappa shape index (κ2) is 4.00. The highest BCUT2D eigenvalue weighted by atomic mass is 32.1. The monoisotopic (exact) mass is 198 g/mol. The van der Waals surface area contributed by atoms with Crippen molar-refractivity contribution in [2.45, 2.75) is 6.10 Å². The van der Waals surface area contributed by atoms with Crippen LogP contribution in [-0.2, 0) is 4.65 Å². The molecule has 2 rings (SSSR count). The summed E-state index contributed by atoms with van der Waals surface area (Å²) < 4.78 is 15.9. The maximum Gasteiger partial charge on any atom is 0.393 e. The zero-order valence-electron chi connectivity index (χ0n) is 6.93. The van der Waals surface area contributed by atoms with Crippen LogP contribution in [0.25, 0.3) is 0 Å². The summed E-state index contributed by atoms with van der Waals surface area (Å²) in [5.74, 6) is 1.57. The first kappa shape index (κ1) is 8.86. The van der Waals surface area contributed by atoms with Gasteiger partial charge in [-0.3, -0.25) is 0 Å². The molecule has 1 aromatic rings. The van der Waals surface area contributed by atoms with Crippen LogP contribution in [0.4, 0.5) is 0 Å². The summed E-state index contributed by atoms with van der Waals surface area (Å²) in [6, 6.07) is 0. The van der Waals surface area contributed by atoms with Gasteiger partial charge in [0.05, 0.1) is 0 Å². The smallest absolute Gasteiger partial charge is 0.393 e.